The number of hydrogen-bond donors (Lipinski definition) is 1. The molecule has 0 bridgehead atoms. The van der Waals surface area contributed by atoms with Gasteiger partial charge in [0, 0.05) is 18.7 Å². The first-order chi connectivity index (χ1) is 10.3. The quantitative estimate of drug-likeness (QED) is 0.776. The molecule has 3 rings (SSSR count). The Hall–Kier alpha value is -1.28. The minimum Gasteiger partial charge on any atom is -0.479 e. The van der Waals surface area contributed by atoms with E-state index in [1.165, 1.54) is 4.90 Å². The predicted molar refractivity (Wildman–Crippen MR) is 79.3 cm³/mol. The van der Waals surface area contributed by atoms with Gasteiger partial charge in [-0.25, -0.2) is 4.79 Å². The van der Waals surface area contributed by atoms with E-state index in [4.69, 9.17) is 9.84 Å². The average molecular weight is 328 g/mol. The number of ether oxygens (including phenoxy) is 1. The number of aliphatic carboxylic acids is 1. The van der Waals surface area contributed by atoms with Crippen molar-refractivity contribution in [2.24, 2.45) is 0 Å². The Morgan fingerprint density at radius 3 is 2.82 bits per heavy atom. The first kappa shape index (κ1) is 15.6. The summed E-state index contributed by atoms with van der Waals surface area (Å²) in [5, 5.41) is 9.12. The molecule has 0 spiro atoms. The molecule has 3 heterocycles. The molecule has 8 heteroatoms. The van der Waals surface area contributed by atoms with Gasteiger partial charge in [0.2, 0.25) is 11.8 Å². The molecule has 4 atom stereocenters. The maximum Gasteiger partial charge on any atom is 0.334 e. The highest BCUT2D eigenvalue weighted by atomic mass is 32.2. The number of rotatable bonds is 2. The minimum absolute atomic E-state index is 0.0157. The maximum atomic E-state index is 12.8. The molecule has 3 unspecified atom stereocenters. The van der Waals surface area contributed by atoms with E-state index in [0.29, 0.717) is 18.7 Å². The highest BCUT2D eigenvalue weighted by Crippen LogP contribution is 2.47. The Labute approximate surface area is 133 Å². The normalized spacial score (nSPS) is 38.3. The van der Waals surface area contributed by atoms with Gasteiger partial charge in [0.25, 0.3) is 0 Å². The summed E-state index contributed by atoms with van der Waals surface area (Å²) in [6.45, 7) is 4.16. The third kappa shape index (κ3) is 2.48. The second-order valence-electron chi connectivity index (χ2n) is 6.28. The molecule has 0 aromatic carbocycles. The smallest absolute Gasteiger partial charge is 0.334 e. The lowest BCUT2D eigenvalue weighted by Crippen LogP contribution is -2.57. The van der Waals surface area contributed by atoms with Gasteiger partial charge in [0.15, 0.2) is 6.10 Å². The summed E-state index contributed by atoms with van der Waals surface area (Å²) in [6, 6.07) is -0.482. The fraction of sp³-hybridized carbons (Fsp3) is 0.786. The number of carbonyl (C=O) groups is 3. The molecule has 0 saturated carbocycles. The maximum absolute atomic E-state index is 12.8. The third-order valence-corrected chi connectivity index (χ3v) is 6.08. The molecular weight excluding hydrogens is 308 g/mol. The van der Waals surface area contributed by atoms with Gasteiger partial charge >= 0.3 is 5.97 Å². The van der Waals surface area contributed by atoms with Crippen LogP contribution in [0.2, 0.25) is 0 Å². The van der Waals surface area contributed by atoms with Crippen molar-refractivity contribution < 1.29 is 24.2 Å². The van der Waals surface area contributed by atoms with Crippen molar-refractivity contribution in [2.75, 3.05) is 18.8 Å². The number of thioether (sulfide) groups is 1. The van der Waals surface area contributed by atoms with Crippen LogP contribution in [0, 0.1) is 0 Å². The van der Waals surface area contributed by atoms with E-state index >= 15 is 0 Å². The summed E-state index contributed by atoms with van der Waals surface area (Å²) in [5.41, 5.74) is 0. The largest absolute Gasteiger partial charge is 0.479 e. The summed E-state index contributed by atoms with van der Waals surface area (Å²) in [4.78, 5) is 39.0. The molecule has 3 aliphatic heterocycles. The van der Waals surface area contributed by atoms with E-state index in [1.807, 2.05) is 6.92 Å². The number of nitrogens with zero attached hydrogens (tertiary/aromatic N) is 2. The van der Waals surface area contributed by atoms with E-state index in [2.05, 4.69) is 0 Å². The van der Waals surface area contributed by atoms with Crippen LogP contribution in [0.4, 0.5) is 0 Å². The van der Waals surface area contributed by atoms with Crippen LogP contribution in [0.1, 0.15) is 26.7 Å². The predicted octanol–water partition coefficient (Wildman–Crippen LogP) is 0.141. The number of carboxylic acid groups (broad SMARTS) is 1. The van der Waals surface area contributed by atoms with E-state index in [0.717, 1.165) is 6.42 Å². The van der Waals surface area contributed by atoms with E-state index in [9.17, 15) is 14.4 Å². The average Bonchev–Trinajstić information content (AvgIpc) is 2.94. The monoisotopic (exact) mass is 328 g/mol. The summed E-state index contributed by atoms with van der Waals surface area (Å²) < 4.78 is 5.34. The Bertz CT molecular complexity index is 527. The fourth-order valence-electron chi connectivity index (χ4n) is 3.48. The molecule has 0 radical (unpaired) electrons. The van der Waals surface area contributed by atoms with Gasteiger partial charge in [-0.05, 0) is 20.3 Å². The standard InChI is InChI=1S/C14H20N2O5S/c1-8-5-15(6-10(21-8)13(19)20)12(18)9-7-22-14(2)4-3-11(17)16(9)14/h8-10H,3-7H2,1-2H3,(H,19,20)/t8-,9?,10?,14?/m1/s1. The molecule has 1 N–H and O–H groups in total. The molecule has 2 amide bonds. The lowest BCUT2D eigenvalue weighted by Gasteiger charge is -2.38. The van der Waals surface area contributed by atoms with Gasteiger partial charge in [-0.3, -0.25) is 9.59 Å². The number of morpholine rings is 1. The van der Waals surface area contributed by atoms with Crippen molar-refractivity contribution in [1.82, 2.24) is 9.80 Å². The van der Waals surface area contributed by atoms with E-state index < -0.39 is 18.1 Å². The van der Waals surface area contributed by atoms with Crippen LogP contribution in [0.5, 0.6) is 0 Å². The van der Waals surface area contributed by atoms with E-state index in [1.54, 1.807) is 23.6 Å². The van der Waals surface area contributed by atoms with Gasteiger partial charge in [0.05, 0.1) is 17.5 Å². The van der Waals surface area contributed by atoms with E-state index in [-0.39, 0.29) is 29.3 Å². The highest BCUT2D eigenvalue weighted by molar-refractivity contribution is 8.01. The van der Waals surface area contributed by atoms with Crippen LogP contribution in [0.15, 0.2) is 0 Å². The number of amides is 2. The zero-order valence-electron chi connectivity index (χ0n) is 12.7. The van der Waals surface area contributed by atoms with Crippen LogP contribution >= 0.6 is 11.8 Å². The Balaban J connectivity index is 1.76. The van der Waals surface area contributed by atoms with Gasteiger partial charge < -0.3 is 19.6 Å². The van der Waals surface area contributed by atoms with Gasteiger partial charge in [0.1, 0.15) is 6.04 Å². The van der Waals surface area contributed by atoms with Gasteiger partial charge in [-0.2, -0.15) is 0 Å². The second-order valence-corrected chi connectivity index (χ2v) is 7.78. The van der Waals surface area contributed by atoms with Gasteiger partial charge in [-0.1, -0.05) is 0 Å². The lowest BCUT2D eigenvalue weighted by molar-refractivity contribution is -0.168. The first-order valence-electron chi connectivity index (χ1n) is 7.45. The molecule has 122 valence electrons. The van der Waals surface area contributed by atoms with Crippen molar-refractivity contribution in [3.8, 4) is 0 Å². The summed E-state index contributed by atoms with van der Waals surface area (Å²) in [6.07, 6.45) is -0.0850. The second kappa shape index (κ2) is 5.42. The molecule has 3 aliphatic rings. The third-order valence-electron chi connectivity index (χ3n) is 4.58. The van der Waals surface area contributed by atoms with Crippen LogP contribution in [0.25, 0.3) is 0 Å². The van der Waals surface area contributed by atoms with Crippen molar-refractivity contribution in [3.63, 3.8) is 0 Å². The molecule has 22 heavy (non-hydrogen) atoms. The SMILES string of the molecule is C[C@@H]1CN(C(=O)C2CSC3(C)CCC(=O)N23)CC(C(=O)O)O1. The zero-order valence-corrected chi connectivity index (χ0v) is 13.5. The lowest BCUT2D eigenvalue weighted by atomic mass is 10.1. The van der Waals surface area contributed by atoms with Crippen LogP contribution < -0.4 is 0 Å². The Morgan fingerprint density at radius 1 is 1.41 bits per heavy atom. The summed E-state index contributed by atoms with van der Waals surface area (Å²) >= 11 is 1.64. The Kier molecular flexibility index (Phi) is 3.84. The number of carboxylic acids is 1. The van der Waals surface area contributed by atoms with Gasteiger partial charge in [-0.15, -0.1) is 11.8 Å². The van der Waals surface area contributed by atoms with Crippen LogP contribution in [-0.2, 0) is 19.1 Å². The molecule has 0 aromatic rings. The topological polar surface area (TPSA) is 87.2 Å². The first-order valence-corrected chi connectivity index (χ1v) is 8.43. The molecule has 3 saturated heterocycles. The summed E-state index contributed by atoms with van der Waals surface area (Å²) in [5.74, 6) is -0.632. The van der Waals surface area contributed by atoms with Crippen molar-refractivity contribution in [3.05, 3.63) is 0 Å². The number of carbonyl (C=O) groups excluding carboxylic acids is 2. The molecule has 0 aliphatic carbocycles. The molecule has 3 fully saturated rings. The van der Waals surface area contributed by atoms with Crippen molar-refractivity contribution in [2.45, 2.75) is 49.8 Å². The molecule has 7 nitrogen and oxygen atoms in total. The summed E-state index contributed by atoms with van der Waals surface area (Å²) in [7, 11) is 0. The number of fused-ring (bicyclic) bond motifs is 1. The van der Waals surface area contributed by atoms with Crippen LogP contribution in [-0.4, -0.2) is 74.7 Å². The fourth-order valence-corrected chi connectivity index (χ4v) is 4.91. The molecular formula is C14H20N2O5S. The Morgan fingerprint density at radius 2 is 2.14 bits per heavy atom. The van der Waals surface area contributed by atoms with Crippen LogP contribution in [0.3, 0.4) is 0 Å². The number of hydrogen-bond acceptors (Lipinski definition) is 5. The van der Waals surface area contributed by atoms with Crippen molar-refractivity contribution in [1.29, 1.82) is 0 Å². The minimum atomic E-state index is -1.06. The highest BCUT2D eigenvalue weighted by Gasteiger charge is 2.54. The molecule has 0 aromatic heterocycles. The zero-order chi connectivity index (χ0) is 16.1. The van der Waals surface area contributed by atoms with Crippen molar-refractivity contribution >= 4 is 29.5 Å².